The minimum Gasteiger partial charge on any atom is -0.462 e. The third-order valence-electron chi connectivity index (χ3n) is 6.80. The molecule has 0 saturated heterocycles. The van der Waals surface area contributed by atoms with Gasteiger partial charge in [-0.05, 0) is 44.4 Å². The predicted octanol–water partition coefficient (Wildman–Crippen LogP) is 6.42. The molecule has 0 bridgehead atoms. The van der Waals surface area contributed by atoms with Gasteiger partial charge in [0.15, 0.2) is 0 Å². The average molecular weight is 501 g/mol. The smallest absolute Gasteiger partial charge is 0.306 e. The highest BCUT2D eigenvalue weighted by Gasteiger charge is 2.40. The molecule has 0 aromatic rings. The van der Waals surface area contributed by atoms with Crippen molar-refractivity contribution < 1.29 is 14.3 Å². The van der Waals surface area contributed by atoms with E-state index in [4.69, 9.17) is 4.74 Å². The molecule has 0 saturated carbocycles. The highest BCUT2D eigenvalue weighted by molar-refractivity contribution is 7.59. The quantitative estimate of drug-likeness (QED) is 0.285. The first-order valence-electron chi connectivity index (χ1n) is 10.4. The van der Waals surface area contributed by atoms with Gasteiger partial charge in [-0.1, -0.05) is 59.6 Å². The Morgan fingerprint density at radius 1 is 0.967 bits per heavy atom. The monoisotopic (exact) mass is 500 g/mol. The summed E-state index contributed by atoms with van der Waals surface area (Å²) in [7, 11) is 0. The molecular weight excluding hydrogens is 453 g/mol. The van der Waals surface area contributed by atoms with E-state index >= 15 is 0 Å². The summed E-state index contributed by atoms with van der Waals surface area (Å²) in [6, 6.07) is 0. The highest BCUT2D eigenvalue weighted by atomic mass is 32.1. The van der Waals surface area contributed by atoms with Gasteiger partial charge < -0.3 is 4.74 Å². The van der Waals surface area contributed by atoms with Crippen LogP contribution in [0.15, 0.2) is 11.6 Å². The van der Waals surface area contributed by atoms with Crippen LogP contribution in [0.5, 0.6) is 0 Å². The number of rotatable bonds is 0. The van der Waals surface area contributed by atoms with E-state index < -0.39 is 5.41 Å². The minimum atomic E-state index is -0.525. The lowest BCUT2D eigenvalue weighted by Gasteiger charge is -2.36. The number of carbonyl (C=O) groups excluding carboxylic acids is 2. The van der Waals surface area contributed by atoms with Crippen molar-refractivity contribution in [2.75, 3.05) is 0 Å². The van der Waals surface area contributed by atoms with E-state index in [9.17, 15) is 9.59 Å². The largest absolute Gasteiger partial charge is 0.462 e. The maximum atomic E-state index is 13.2. The van der Waals surface area contributed by atoms with Gasteiger partial charge in [-0.15, -0.1) is 0 Å². The standard InChI is InChI=1S/C23H40O3.4H2S/c1-15-10-9-11-16(2)19(5)20(6)22(25)23(7,8)17(3)14-21(24)26-18(4)13-12-15;;;;/h12,16-20H,9-11,13-14H2,1-8H3;4*1H2/b15-12-;;;;/t16-,17+,18-,19+,20-;;;;/m1..../s1. The maximum Gasteiger partial charge on any atom is 0.306 e. The van der Waals surface area contributed by atoms with E-state index in [1.807, 2.05) is 27.7 Å². The molecule has 0 radical (unpaired) electrons. The molecule has 0 aromatic heterocycles. The first kappa shape index (κ1) is 37.6. The van der Waals surface area contributed by atoms with Crippen molar-refractivity contribution >= 4 is 65.7 Å². The molecule has 0 amide bonds. The Morgan fingerprint density at radius 3 is 2.03 bits per heavy atom. The van der Waals surface area contributed by atoms with Crippen LogP contribution in [0.3, 0.4) is 0 Å². The van der Waals surface area contributed by atoms with Crippen LogP contribution in [-0.2, 0) is 14.3 Å². The Morgan fingerprint density at radius 2 is 1.50 bits per heavy atom. The molecule has 182 valence electrons. The van der Waals surface area contributed by atoms with Crippen molar-refractivity contribution in [3.05, 3.63) is 11.6 Å². The van der Waals surface area contributed by atoms with Crippen molar-refractivity contribution in [3.63, 3.8) is 0 Å². The number of ether oxygens (including phenoxy) is 1. The second-order valence-electron chi connectivity index (χ2n) is 9.30. The summed E-state index contributed by atoms with van der Waals surface area (Å²) < 4.78 is 5.57. The molecule has 0 fully saturated rings. The fourth-order valence-corrected chi connectivity index (χ4v) is 3.82. The van der Waals surface area contributed by atoms with Gasteiger partial charge >= 0.3 is 5.97 Å². The highest BCUT2D eigenvalue weighted by Crippen LogP contribution is 2.37. The van der Waals surface area contributed by atoms with Gasteiger partial charge in [0.1, 0.15) is 11.9 Å². The Labute approximate surface area is 213 Å². The maximum absolute atomic E-state index is 13.2. The molecule has 7 heteroatoms. The predicted molar refractivity (Wildman–Crippen MR) is 149 cm³/mol. The van der Waals surface area contributed by atoms with Crippen molar-refractivity contribution in [1.82, 2.24) is 0 Å². The molecule has 3 nitrogen and oxygen atoms in total. The minimum absolute atomic E-state index is 0. The lowest BCUT2D eigenvalue weighted by Crippen LogP contribution is -2.39. The number of carbonyl (C=O) groups is 2. The fraction of sp³-hybridized carbons (Fsp3) is 0.826. The molecule has 0 spiro atoms. The summed E-state index contributed by atoms with van der Waals surface area (Å²) in [6.45, 7) is 16.6. The lowest BCUT2D eigenvalue weighted by molar-refractivity contribution is -0.151. The molecule has 1 aliphatic heterocycles. The third-order valence-corrected chi connectivity index (χ3v) is 6.80. The van der Waals surface area contributed by atoms with Gasteiger partial charge in [0.2, 0.25) is 0 Å². The van der Waals surface area contributed by atoms with Crippen molar-refractivity contribution in [2.24, 2.45) is 29.1 Å². The van der Waals surface area contributed by atoms with Gasteiger partial charge in [-0.25, -0.2) is 0 Å². The molecule has 0 aromatic carbocycles. The van der Waals surface area contributed by atoms with Crippen molar-refractivity contribution in [2.45, 2.75) is 93.6 Å². The Hall–Kier alpha value is 0.280. The fourth-order valence-electron chi connectivity index (χ4n) is 3.82. The van der Waals surface area contributed by atoms with Gasteiger partial charge in [0.25, 0.3) is 0 Å². The Kier molecular flexibility index (Phi) is 21.1. The normalized spacial score (nSPS) is 32.5. The van der Waals surface area contributed by atoms with Crippen LogP contribution in [-0.4, -0.2) is 17.9 Å². The Bertz CT molecular complexity index is 535. The van der Waals surface area contributed by atoms with E-state index in [0.29, 0.717) is 18.3 Å². The number of cyclic esters (lactones) is 1. The number of ketones is 1. The van der Waals surface area contributed by atoms with Crippen molar-refractivity contribution in [1.29, 1.82) is 0 Å². The number of allylic oxidation sites excluding steroid dienone is 1. The van der Waals surface area contributed by atoms with Crippen LogP contribution in [0.4, 0.5) is 0 Å². The van der Waals surface area contributed by atoms with Crippen LogP contribution < -0.4 is 0 Å². The van der Waals surface area contributed by atoms with Crippen LogP contribution in [0.25, 0.3) is 0 Å². The molecule has 0 unspecified atom stereocenters. The molecule has 0 aliphatic carbocycles. The Balaban J connectivity index is -0.000000845. The van der Waals surface area contributed by atoms with Crippen LogP contribution in [0, 0.1) is 29.1 Å². The second-order valence-corrected chi connectivity index (χ2v) is 9.30. The van der Waals surface area contributed by atoms with Gasteiger partial charge in [0, 0.05) is 24.2 Å². The molecule has 5 atom stereocenters. The van der Waals surface area contributed by atoms with Gasteiger partial charge in [0.05, 0.1) is 0 Å². The zero-order valence-electron chi connectivity index (χ0n) is 20.2. The number of esters is 1. The number of Topliss-reactive ketones (excluding diaryl/α,β-unsaturated/α-hetero) is 1. The van der Waals surface area contributed by atoms with E-state index in [1.54, 1.807) is 0 Å². The summed E-state index contributed by atoms with van der Waals surface area (Å²) >= 11 is 0. The third kappa shape index (κ3) is 11.2. The lowest BCUT2D eigenvalue weighted by atomic mass is 9.67. The summed E-state index contributed by atoms with van der Waals surface area (Å²) in [4.78, 5) is 25.5. The topological polar surface area (TPSA) is 43.4 Å². The molecule has 30 heavy (non-hydrogen) atoms. The van der Waals surface area contributed by atoms with Crippen LogP contribution >= 0.6 is 54.0 Å². The molecule has 1 aliphatic rings. The van der Waals surface area contributed by atoms with Gasteiger partial charge in [-0.2, -0.15) is 54.0 Å². The van der Waals surface area contributed by atoms with Gasteiger partial charge in [-0.3, -0.25) is 9.59 Å². The van der Waals surface area contributed by atoms with Crippen LogP contribution in [0.2, 0.25) is 0 Å². The molecule has 1 heterocycles. The van der Waals surface area contributed by atoms with E-state index in [1.165, 1.54) is 5.57 Å². The second kappa shape index (κ2) is 16.8. The summed E-state index contributed by atoms with van der Waals surface area (Å²) in [5.41, 5.74) is 0.835. The van der Waals surface area contributed by atoms with E-state index in [-0.39, 0.29) is 83.7 Å². The molecular formula is C23H48O3S4. The zero-order valence-corrected chi connectivity index (χ0v) is 24.2. The summed E-state index contributed by atoms with van der Waals surface area (Å²) in [6.07, 6.45) is 6.50. The first-order valence-corrected chi connectivity index (χ1v) is 10.4. The number of hydrogen-bond donors (Lipinski definition) is 0. The van der Waals surface area contributed by atoms with Crippen LogP contribution in [0.1, 0.15) is 87.5 Å². The summed E-state index contributed by atoms with van der Waals surface area (Å²) in [5.74, 6) is 0.904. The molecule has 1 rings (SSSR count). The summed E-state index contributed by atoms with van der Waals surface area (Å²) in [5, 5.41) is 0. The average Bonchev–Trinajstić information content (AvgIpc) is 2.56. The van der Waals surface area contributed by atoms with Crippen molar-refractivity contribution in [3.8, 4) is 0 Å². The SMILES string of the molecule is C/C1=C/C[C@@H](C)OC(=O)C[C@H](C)C(C)(C)C(=O)[C@H](C)[C@@H](C)[C@H](C)CCC1.S.S.S.S. The molecule has 0 N–H and O–H groups in total. The van der Waals surface area contributed by atoms with E-state index in [2.05, 4.69) is 33.8 Å². The number of hydrogen-bond acceptors (Lipinski definition) is 3. The first-order chi connectivity index (χ1) is 12.0. The van der Waals surface area contributed by atoms with E-state index in [0.717, 1.165) is 25.7 Å². The zero-order chi connectivity index (χ0) is 20.1.